The van der Waals surface area contributed by atoms with E-state index in [9.17, 15) is 14.4 Å². The minimum atomic E-state index is -1.22. The summed E-state index contributed by atoms with van der Waals surface area (Å²) in [6.07, 6.45) is 0.106. The number of carboxylic acids is 1. The van der Waals surface area contributed by atoms with Gasteiger partial charge in [0.15, 0.2) is 0 Å². The summed E-state index contributed by atoms with van der Waals surface area (Å²) in [5.41, 5.74) is 5.36. The van der Waals surface area contributed by atoms with Crippen molar-refractivity contribution in [2.24, 2.45) is 11.7 Å². The van der Waals surface area contributed by atoms with E-state index in [0.29, 0.717) is 6.42 Å². The molecule has 0 aliphatic carbocycles. The van der Waals surface area contributed by atoms with Crippen molar-refractivity contribution in [3.8, 4) is 0 Å². The number of esters is 1. The first kappa shape index (κ1) is 18.3. The Kier molecular flexibility index (Phi) is 8.49. The molecule has 8 nitrogen and oxygen atoms in total. The molecule has 0 fully saturated rings. The minimum Gasteiger partial charge on any atom is -0.481 e. The fourth-order valence-corrected chi connectivity index (χ4v) is 1.22. The third-order valence-corrected chi connectivity index (χ3v) is 2.74. The Bertz CT molecular complexity index is 347. The van der Waals surface area contributed by atoms with Crippen LogP contribution in [0.5, 0.6) is 0 Å². The maximum atomic E-state index is 11.5. The standard InChI is InChI=1S/C12H22N2O6/c1-3-7(2)12(19)20-6-8(5-15)14-11(18)9(13)4-10(16)17/h7-9,15H,3-6,13H2,1-2H3,(H,14,18)(H,16,17)/t7?,8-,9+/m0/s1. The van der Waals surface area contributed by atoms with Crippen LogP contribution in [-0.4, -0.2) is 53.4 Å². The predicted octanol–water partition coefficient (Wildman–Crippen LogP) is -1.15. The quantitative estimate of drug-likeness (QED) is 0.393. The number of rotatable bonds is 9. The van der Waals surface area contributed by atoms with Crippen LogP contribution >= 0.6 is 0 Å². The zero-order valence-corrected chi connectivity index (χ0v) is 11.7. The summed E-state index contributed by atoms with van der Waals surface area (Å²) in [4.78, 5) is 33.4. The van der Waals surface area contributed by atoms with Gasteiger partial charge in [-0.05, 0) is 6.42 Å². The molecule has 0 saturated heterocycles. The van der Waals surface area contributed by atoms with Crippen molar-refractivity contribution in [2.45, 2.75) is 38.8 Å². The van der Waals surface area contributed by atoms with E-state index in [1.165, 1.54) is 0 Å². The number of hydrogen-bond donors (Lipinski definition) is 4. The highest BCUT2D eigenvalue weighted by molar-refractivity contribution is 5.86. The number of carbonyl (C=O) groups excluding carboxylic acids is 2. The summed E-state index contributed by atoms with van der Waals surface area (Å²) in [7, 11) is 0. The van der Waals surface area contributed by atoms with Gasteiger partial charge in [-0.25, -0.2) is 0 Å². The normalized spacial score (nSPS) is 15.0. The topological polar surface area (TPSA) is 139 Å². The third kappa shape index (κ3) is 7.05. The zero-order chi connectivity index (χ0) is 15.7. The van der Waals surface area contributed by atoms with Crippen molar-refractivity contribution in [1.29, 1.82) is 0 Å². The molecule has 0 aromatic heterocycles. The average Bonchev–Trinajstić information content (AvgIpc) is 2.40. The van der Waals surface area contributed by atoms with Crippen LogP contribution in [0.25, 0.3) is 0 Å². The molecule has 1 unspecified atom stereocenters. The lowest BCUT2D eigenvalue weighted by molar-refractivity contribution is -0.149. The van der Waals surface area contributed by atoms with Gasteiger partial charge in [-0.3, -0.25) is 14.4 Å². The highest BCUT2D eigenvalue weighted by Crippen LogP contribution is 2.03. The number of aliphatic hydroxyl groups excluding tert-OH is 1. The average molecular weight is 290 g/mol. The number of amides is 1. The van der Waals surface area contributed by atoms with E-state index in [1.54, 1.807) is 6.92 Å². The number of carbonyl (C=O) groups is 3. The molecule has 0 saturated carbocycles. The monoisotopic (exact) mass is 290 g/mol. The summed E-state index contributed by atoms with van der Waals surface area (Å²) in [6.45, 7) is 2.91. The van der Waals surface area contributed by atoms with Crippen LogP contribution in [0.15, 0.2) is 0 Å². The molecule has 20 heavy (non-hydrogen) atoms. The predicted molar refractivity (Wildman–Crippen MR) is 69.7 cm³/mol. The number of aliphatic carboxylic acids is 1. The molecular weight excluding hydrogens is 268 g/mol. The van der Waals surface area contributed by atoms with E-state index in [-0.39, 0.29) is 12.5 Å². The summed E-state index contributed by atoms with van der Waals surface area (Å²) in [5.74, 6) is -2.60. The third-order valence-electron chi connectivity index (χ3n) is 2.74. The van der Waals surface area contributed by atoms with Crippen LogP contribution in [0.4, 0.5) is 0 Å². The van der Waals surface area contributed by atoms with Gasteiger partial charge in [0.2, 0.25) is 5.91 Å². The zero-order valence-electron chi connectivity index (χ0n) is 11.7. The van der Waals surface area contributed by atoms with Gasteiger partial charge in [0.25, 0.3) is 0 Å². The van der Waals surface area contributed by atoms with Crippen LogP contribution in [0.3, 0.4) is 0 Å². The molecule has 1 amide bonds. The van der Waals surface area contributed by atoms with E-state index >= 15 is 0 Å². The highest BCUT2D eigenvalue weighted by atomic mass is 16.5. The van der Waals surface area contributed by atoms with E-state index < -0.39 is 43.0 Å². The van der Waals surface area contributed by atoms with E-state index in [0.717, 1.165) is 0 Å². The Balaban J connectivity index is 4.24. The minimum absolute atomic E-state index is 0.189. The summed E-state index contributed by atoms with van der Waals surface area (Å²) in [6, 6.07) is -2.03. The number of nitrogens with two attached hydrogens (primary N) is 1. The van der Waals surface area contributed by atoms with Gasteiger partial charge in [-0.2, -0.15) is 0 Å². The molecule has 5 N–H and O–H groups in total. The second-order valence-electron chi connectivity index (χ2n) is 4.53. The molecule has 0 radical (unpaired) electrons. The molecule has 0 aromatic carbocycles. The van der Waals surface area contributed by atoms with Crippen LogP contribution in [0.2, 0.25) is 0 Å². The van der Waals surface area contributed by atoms with Gasteiger partial charge in [-0.1, -0.05) is 13.8 Å². The summed E-state index contributed by atoms with van der Waals surface area (Å²) < 4.78 is 4.94. The van der Waals surface area contributed by atoms with Gasteiger partial charge >= 0.3 is 11.9 Å². The lowest BCUT2D eigenvalue weighted by Gasteiger charge is -2.19. The Morgan fingerprint density at radius 1 is 1.35 bits per heavy atom. The Morgan fingerprint density at radius 3 is 2.40 bits per heavy atom. The smallest absolute Gasteiger partial charge is 0.308 e. The molecule has 0 aromatic rings. The Hall–Kier alpha value is -1.67. The lowest BCUT2D eigenvalue weighted by Crippen LogP contribution is -2.49. The molecular formula is C12H22N2O6. The van der Waals surface area contributed by atoms with Crippen molar-refractivity contribution >= 4 is 17.8 Å². The number of hydrogen-bond acceptors (Lipinski definition) is 6. The number of aliphatic hydroxyl groups is 1. The first-order valence-corrected chi connectivity index (χ1v) is 6.37. The van der Waals surface area contributed by atoms with Gasteiger partial charge < -0.3 is 26.0 Å². The molecule has 8 heteroatoms. The molecule has 0 aliphatic heterocycles. The SMILES string of the molecule is CCC(C)C(=O)OC[C@H](CO)NC(=O)[C@H](N)CC(=O)O. The molecule has 0 bridgehead atoms. The van der Waals surface area contributed by atoms with E-state index in [1.807, 2.05) is 6.92 Å². The molecule has 0 aliphatic rings. The second kappa shape index (κ2) is 9.27. The van der Waals surface area contributed by atoms with Crippen LogP contribution < -0.4 is 11.1 Å². The fourth-order valence-electron chi connectivity index (χ4n) is 1.22. The van der Waals surface area contributed by atoms with E-state index in [2.05, 4.69) is 5.32 Å². The van der Waals surface area contributed by atoms with Crippen molar-refractivity contribution in [3.63, 3.8) is 0 Å². The highest BCUT2D eigenvalue weighted by Gasteiger charge is 2.21. The second-order valence-corrected chi connectivity index (χ2v) is 4.53. The number of carboxylic acid groups (broad SMARTS) is 1. The maximum Gasteiger partial charge on any atom is 0.308 e. The Morgan fingerprint density at radius 2 is 1.95 bits per heavy atom. The maximum absolute atomic E-state index is 11.5. The molecule has 0 rings (SSSR count). The van der Waals surface area contributed by atoms with Gasteiger partial charge in [0.1, 0.15) is 6.61 Å². The summed E-state index contributed by atoms with van der Waals surface area (Å²) >= 11 is 0. The van der Waals surface area contributed by atoms with Gasteiger partial charge in [-0.15, -0.1) is 0 Å². The molecule has 0 heterocycles. The Labute approximate surface area is 117 Å². The van der Waals surface area contributed by atoms with Crippen LogP contribution in [0, 0.1) is 5.92 Å². The number of nitrogens with one attached hydrogen (secondary N) is 1. The van der Waals surface area contributed by atoms with E-state index in [4.69, 9.17) is 20.7 Å². The van der Waals surface area contributed by atoms with Crippen molar-refractivity contribution in [1.82, 2.24) is 5.32 Å². The lowest BCUT2D eigenvalue weighted by atomic mass is 10.1. The summed E-state index contributed by atoms with van der Waals surface area (Å²) in [5, 5.41) is 19.9. The van der Waals surface area contributed by atoms with Crippen LogP contribution in [-0.2, 0) is 19.1 Å². The van der Waals surface area contributed by atoms with Gasteiger partial charge in [0.05, 0.1) is 31.0 Å². The first-order valence-electron chi connectivity index (χ1n) is 6.37. The number of ether oxygens (including phenoxy) is 1. The van der Waals surface area contributed by atoms with Crippen molar-refractivity contribution < 1.29 is 29.3 Å². The van der Waals surface area contributed by atoms with Crippen molar-refractivity contribution in [3.05, 3.63) is 0 Å². The first-order chi connectivity index (χ1) is 9.31. The molecule has 3 atom stereocenters. The molecule has 0 spiro atoms. The van der Waals surface area contributed by atoms with Crippen molar-refractivity contribution in [2.75, 3.05) is 13.2 Å². The van der Waals surface area contributed by atoms with Crippen LogP contribution in [0.1, 0.15) is 26.7 Å². The molecule has 116 valence electrons. The largest absolute Gasteiger partial charge is 0.481 e. The fraction of sp³-hybridized carbons (Fsp3) is 0.750. The van der Waals surface area contributed by atoms with Gasteiger partial charge in [0, 0.05) is 0 Å².